The largest absolute Gasteiger partial charge is 0.351 e. The Morgan fingerprint density at radius 3 is 2.38 bits per heavy atom. The van der Waals surface area contributed by atoms with E-state index in [9.17, 15) is 9.59 Å². The number of aromatic nitrogens is 1. The molecule has 0 radical (unpaired) electrons. The smallest absolute Gasteiger partial charge is 0.251 e. The quantitative estimate of drug-likeness (QED) is 0.747. The summed E-state index contributed by atoms with van der Waals surface area (Å²) in [6, 6.07) is 10.7. The van der Waals surface area contributed by atoms with Gasteiger partial charge in [-0.3, -0.25) is 19.5 Å². The van der Waals surface area contributed by atoms with Crippen molar-refractivity contribution in [2.24, 2.45) is 0 Å². The van der Waals surface area contributed by atoms with E-state index in [2.05, 4.69) is 37.7 Å². The molecule has 1 aliphatic carbocycles. The van der Waals surface area contributed by atoms with Crippen LogP contribution in [0.2, 0.25) is 0 Å². The van der Waals surface area contributed by atoms with E-state index >= 15 is 0 Å². The van der Waals surface area contributed by atoms with Crippen molar-refractivity contribution in [3.8, 4) is 0 Å². The van der Waals surface area contributed by atoms with Crippen molar-refractivity contribution < 1.29 is 9.59 Å². The van der Waals surface area contributed by atoms with Gasteiger partial charge in [0.15, 0.2) is 0 Å². The lowest BCUT2D eigenvalue weighted by molar-refractivity contribution is -0.126. The third-order valence-electron chi connectivity index (χ3n) is 5.38. The van der Waals surface area contributed by atoms with Gasteiger partial charge in [0.2, 0.25) is 5.91 Å². The number of anilines is 1. The second-order valence-corrected chi connectivity index (χ2v) is 8.53. The predicted octanol–water partition coefficient (Wildman–Crippen LogP) is 4.31. The van der Waals surface area contributed by atoms with Gasteiger partial charge in [-0.2, -0.15) is 0 Å². The SMILES string of the molecule is C=CC(=O)N(c1ccc(C(C)(C)C)cc1)C(C(=O)NC1CCC1)c1cccnc1. The highest BCUT2D eigenvalue weighted by atomic mass is 16.2. The fraction of sp³-hybridized carbons (Fsp3) is 0.375. The number of carbonyl (C=O) groups excluding carboxylic acids is 2. The number of benzene rings is 1. The number of hydrogen-bond acceptors (Lipinski definition) is 3. The highest BCUT2D eigenvalue weighted by Gasteiger charge is 2.34. The molecule has 1 aliphatic rings. The van der Waals surface area contributed by atoms with E-state index in [-0.39, 0.29) is 23.3 Å². The van der Waals surface area contributed by atoms with Crippen LogP contribution in [0.4, 0.5) is 5.69 Å². The first kappa shape index (κ1) is 20.8. The zero-order valence-electron chi connectivity index (χ0n) is 17.4. The third-order valence-corrected chi connectivity index (χ3v) is 5.38. The molecule has 5 nitrogen and oxygen atoms in total. The Labute approximate surface area is 172 Å². The van der Waals surface area contributed by atoms with Gasteiger partial charge in [0.1, 0.15) is 6.04 Å². The van der Waals surface area contributed by atoms with E-state index in [0.717, 1.165) is 24.8 Å². The lowest BCUT2D eigenvalue weighted by Crippen LogP contribution is -2.48. The second kappa shape index (κ2) is 8.60. The lowest BCUT2D eigenvalue weighted by atomic mass is 9.87. The van der Waals surface area contributed by atoms with Crippen molar-refractivity contribution in [3.05, 3.63) is 72.6 Å². The average Bonchev–Trinajstić information content (AvgIpc) is 2.68. The molecular formula is C24H29N3O2. The molecule has 2 amide bonds. The highest BCUT2D eigenvalue weighted by molar-refractivity contribution is 6.06. The van der Waals surface area contributed by atoms with Crippen molar-refractivity contribution in [2.45, 2.75) is 57.5 Å². The van der Waals surface area contributed by atoms with Gasteiger partial charge in [0, 0.05) is 29.7 Å². The van der Waals surface area contributed by atoms with Crippen LogP contribution in [0.25, 0.3) is 0 Å². The minimum Gasteiger partial charge on any atom is -0.351 e. The van der Waals surface area contributed by atoms with Crippen LogP contribution in [0.5, 0.6) is 0 Å². The molecule has 1 N–H and O–H groups in total. The molecule has 0 spiro atoms. The molecule has 2 aromatic rings. The topological polar surface area (TPSA) is 62.3 Å². The maximum atomic E-state index is 13.2. The van der Waals surface area contributed by atoms with Crippen LogP contribution in [0.1, 0.15) is 57.2 Å². The number of rotatable bonds is 6. The number of amides is 2. The number of carbonyl (C=O) groups is 2. The summed E-state index contributed by atoms with van der Waals surface area (Å²) in [4.78, 5) is 31.8. The molecule has 1 saturated carbocycles. The van der Waals surface area contributed by atoms with Gasteiger partial charge in [-0.15, -0.1) is 0 Å². The maximum Gasteiger partial charge on any atom is 0.251 e. The van der Waals surface area contributed by atoms with Crippen LogP contribution in [-0.4, -0.2) is 22.8 Å². The first-order valence-corrected chi connectivity index (χ1v) is 10.1. The van der Waals surface area contributed by atoms with Crippen LogP contribution in [0.15, 0.2) is 61.4 Å². The van der Waals surface area contributed by atoms with Crippen LogP contribution in [0.3, 0.4) is 0 Å². The monoisotopic (exact) mass is 391 g/mol. The van der Waals surface area contributed by atoms with E-state index < -0.39 is 6.04 Å². The summed E-state index contributed by atoms with van der Waals surface area (Å²) in [6.45, 7) is 10.1. The molecule has 3 rings (SSSR count). The van der Waals surface area contributed by atoms with Crippen molar-refractivity contribution in [2.75, 3.05) is 4.90 Å². The fourth-order valence-electron chi connectivity index (χ4n) is 3.41. The molecular weight excluding hydrogens is 362 g/mol. The highest BCUT2D eigenvalue weighted by Crippen LogP contribution is 2.31. The Morgan fingerprint density at radius 1 is 1.21 bits per heavy atom. The average molecular weight is 392 g/mol. The zero-order valence-corrected chi connectivity index (χ0v) is 17.4. The van der Waals surface area contributed by atoms with Crippen molar-refractivity contribution in [1.29, 1.82) is 0 Å². The molecule has 29 heavy (non-hydrogen) atoms. The summed E-state index contributed by atoms with van der Waals surface area (Å²) < 4.78 is 0. The molecule has 1 fully saturated rings. The minimum absolute atomic E-state index is 0.00381. The van der Waals surface area contributed by atoms with Crippen LogP contribution >= 0.6 is 0 Å². The van der Waals surface area contributed by atoms with Crippen LogP contribution < -0.4 is 10.2 Å². The Kier molecular flexibility index (Phi) is 6.16. The molecule has 0 aliphatic heterocycles. The van der Waals surface area contributed by atoms with Gasteiger partial charge < -0.3 is 5.32 Å². The standard InChI is InChI=1S/C24H29N3O2/c1-5-21(28)27(20-13-11-18(12-14-20)24(2,3)4)22(17-8-7-15-25-16-17)23(29)26-19-9-6-10-19/h5,7-8,11-16,19,22H,1,6,9-10H2,2-4H3,(H,26,29). The van der Waals surface area contributed by atoms with Crippen LogP contribution in [0, 0.1) is 0 Å². The van der Waals surface area contributed by atoms with Crippen molar-refractivity contribution in [1.82, 2.24) is 10.3 Å². The lowest BCUT2D eigenvalue weighted by Gasteiger charge is -2.34. The molecule has 0 bridgehead atoms. The second-order valence-electron chi connectivity index (χ2n) is 8.53. The molecule has 1 unspecified atom stereocenters. The number of hydrogen-bond donors (Lipinski definition) is 1. The molecule has 1 atom stereocenters. The van der Waals surface area contributed by atoms with Gasteiger partial charge in [0.05, 0.1) is 0 Å². The fourth-order valence-corrected chi connectivity index (χ4v) is 3.41. The predicted molar refractivity (Wildman–Crippen MR) is 116 cm³/mol. The maximum absolute atomic E-state index is 13.2. The Bertz CT molecular complexity index is 865. The molecule has 5 heteroatoms. The number of nitrogens with one attached hydrogen (secondary N) is 1. The minimum atomic E-state index is -0.810. The van der Waals surface area contributed by atoms with Crippen molar-refractivity contribution >= 4 is 17.5 Å². The Hall–Kier alpha value is -2.95. The van der Waals surface area contributed by atoms with Gasteiger partial charge in [-0.25, -0.2) is 0 Å². The zero-order chi connectivity index (χ0) is 21.0. The normalized spacial score (nSPS) is 15.1. The van der Waals surface area contributed by atoms with Crippen molar-refractivity contribution in [3.63, 3.8) is 0 Å². The van der Waals surface area contributed by atoms with E-state index in [4.69, 9.17) is 0 Å². The molecule has 152 valence electrons. The summed E-state index contributed by atoms with van der Waals surface area (Å²) in [6.07, 6.45) is 7.60. The molecule has 1 aromatic heterocycles. The Morgan fingerprint density at radius 2 is 1.90 bits per heavy atom. The summed E-state index contributed by atoms with van der Waals surface area (Å²) in [5, 5.41) is 3.08. The van der Waals surface area contributed by atoms with Gasteiger partial charge in [-0.05, 0) is 54.5 Å². The van der Waals surface area contributed by atoms with E-state index in [1.807, 2.05) is 30.3 Å². The summed E-state index contributed by atoms with van der Waals surface area (Å²) in [5.41, 5.74) is 2.47. The van der Waals surface area contributed by atoms with Gasteiger partial charge >= 0.3 is 0 Å². The summed E-state index contributed by atoms with van der Waals surface area (Å²) in [5.74, 6) is -0.524. The van der Waals surface area contributed by atoms with E-state index in [1.165, 1.54) is 11.0 Å². The van der Waals surface area contributed by atoms with Gasteiger partial charge in [-0.1, -0.05) is 45.5 Å². The summed E-state index contributed by atoms with van der Waals surface area (Å²) in [7, 11) is 0. The van der Waals surface area contributed by atoms with Gasteiger partial charge in [0.25, 0.3) is 5.91 Å². The van der Waals surface area contributed by atoms with E-state index in [0.29, 0.717) is 11.3 Å². The first-order chi connectivity index (χ1) is 13.8. The van der Waals surface area contributed by atoms with E-state index in [1.54, 1.807) is 18.5 Å². The molecule has 1 aromatic carbocycles. The summed E-state index contributed by atoms with van der Waals surface area (Å²) >= 11 is 0. The molecule has 1 heterocycles. The first-order valence-electron chi connectivity index (χ1n) is 10.1. The molecule has 0 saturated heterocycles. The number of nitrogens with zero attached hydrogens (tertiary/aromatic N) is 2. The number of pyridine rings is 1. The Balaban J connectivity index is 2.02. The third kappa shape index (κ3) is 4.73. The van der Waals surface area contributed by atoms with Crippen LogP contribution in [-0.2, 0) is 15.0 Å².